The molecule has 1 fully saturated rings. The third-order valence-electron chi connectivity index (χ3n) is 5.88. The summed E-state index contributed by atoms with van der Waals surface area (Å²) in [6.07, 6.45) is 0.592. The fourth-order valence-electron chi connectivity index (χ4n) is 4.32. The highest BCUT2D eigenvalue weighted by atomic mass is 16.5. The highest BCUT2D eigenvalue weighted by Crippen LogP contribution is 2.38. The van der Waals surface area contributed by atoms with Gasteiger partial charge < -0.3 is 29.7 Å². The Hall–Kier alpha value is -3.85. The number of nitrogens with one attached hydrogen (secondary N) is 2. The number of ketones is 1. The maximum absolute atomic E-state index is 13.8. The summed E-state index contributed by atoms with van der Waals surface area (Å²) < 4.78 is 15.8. The van der Waals surface area contributed by atoms with Gasteiger partial charge in [0.1, 0.15) is 30.0 Å². The monoisotopic (exact) mass is 464 g/mol. The van der Waals surface area contributed by atoms with Crippen molar-refractivity contribution in [3.05, 3.63) is 59.3 Å². The largest absolute Gasteiger partial charge is 0.497 e. The van der Waals surface area contributed by atoms with Crippen LogP contribution in [-0.2, 0) is 20.7 Å². The van der Waals surface area contributed by atoms with Crippen molar-refractivity contribution in [3.8, 4) is 11.5 Å². The fourth-order valence-corrected chi connectivity index (χ4v) is 4.32. The van der Waals surface area contributed by atoms with Crippen LogP contribution in [0.2, 0.25) is 0 Å². The van der Waals surface area contributed by atoms with Crippen LogP contribution >= 0.6 is 0 Å². The second-order valence-corrected chi connectivity index (χ2v) is 7.92. The number of carbonyl (C=O) groups excluding carboxylic acids is 2. The Balaban J connectivity index is 1.79. The van der Waals surface area contributed by atoms with E-state index in [1.54, 1.807) is 27.3 Å². The van der Waals surface area contributed by atoms with Crippen LogP contribution in [0.3, 0.4) is 0 Å². The highest BCUT2D eigenvalue weighted by molar-refractivity contribution is 6.36. The van der Waals surface area contributed by atoms with Crippen LogP contribution in [-0.4, -0.2) is 65.1 Å². The molecular formula is C25H28N4O5. The van der Waals surface area contributed by atoms with Crippen LogP contribution in [0.15, 0.2) is 58.7 Å². The number of hydrogen-bond acceptors (Lipinski definition) is 7. The summed E-state index contributed by atoms with van der Waals surface area (Å²) >= 11 is 0. The lowest BCUT2D eigenvalue weighted by Crippen LogP contribution is -2.45. The van der Waals surface area contributed by atoms with E-state index in [4.69, 9.17) is 14.2 Å². The average Bonchev–Trinajstić information content (AvgIpc) is 3.40. The van der Waals surface area contributed by atoms with E-state index in [0.29, 0.717) is 35.0 Å². The van der Waals surface area contributed by atoms with Gasteiger partial charge in [0.25, 0.3) is 0 Å². The molecule has 2 N–H and O–H groups in total. The maximum atomic E-state index is 13.8. The number of amides is 1. The molecule has 34 heavy (non-hydrogen) atoms. The number of benzene rings is 2. The molecule has 2 heterocycles. The number of rotatable bonds is 7. The predicted molar refractivity (Wildman–Crippen MR) is 130 cm³/mol. The van der Waals surface area contributed by atoms with Gasteiger partial charge in [-0.15, -0.1) is 0 Å². The molecular weight excluding hydrogens is 436 g/mol. The van der Waals surface area contributed by atoms with E-state index in [1.807, 2.05) is 41.3 Å². The van der Waals surface area contributed by atoms with E-state index in [2.05, 4.69) is 15.6 Å². The molecule has 178 valence electrons. The Labute approximate surface area is 198 Å². The first-order valence-corrected chi connectivity index (χ1v) is 10.9. The molecule has 1 atom stereocenters. The van der Waals surface area contributed by atoms with Crippen molar-refractivity contribution in [2.24, 2.45) is 4.99 Å². The second-order valence-electron chi connectivity index (χ2n) is 7.92. The van der Waals surface area contributed by atoms with Gasteiger partial charge in [-0.3, -0.25) is 14.6 Å². The third-order valence-corrected chi connectivity index (χ3v) is 5.88. The van der Waals surface area contributed by atoms with Crippen molar-refractivity contribution in [2.75, 3.05) is 51.7 Å². The standard InChI is InChI=1S/C25H28N4O5/c1-26-25-23(20-9-15-7-5-6-8-19(15)28-20)24(31)21(13-27-22(30)14-32-2)29(25)16-10-17(33-3)12-18(11-16)34-4/h5-8,10-12,21,28H,9,13-14H2,1-4H3,(H,27,30)/t21-/m1/s1. The van der Waals surface area contributed by atoms with E-state index in [9.17, 15) is 9.59 Å². The number of allylic oxidation sites excluding steroid dienone is 1. The molecule has 2 aromatic rings. The number of Topliss-reactive ketones (excluding diaryl/α,β-unsaturated/α-hetero) is 1. The van der Waals surface area contributed by atoms with Gasteiger partial charge in [0.05, 0.1) is 25.5 Å². The van der Waals surface area contributed by atoms with Gasteiger partial charge in [0.15, 0.2) is 5.78 Å². The van der Waals surface area contributed by atoms with Crippen molar-refractivity contribution in [3.63, 3.8) is 0 Å². The maximum Gasteiger partial charge on any atom is 0.246 e. The Morgan fingerprint density at radius 3 is 2.47 bits per heavy atom. The van der Waals surface area contributed by atoms with Gasteiger partial charge in [-0.2, -0.15) is 0 Å². The lowest BCUT2D eigenvalue weighted by molar-refractivity contribution is -0.124. The number of nitrogens with zero attached hydrogens (tertiary/aromatic N) is 2. The van der Waals surface area contributed by atoms with Crippen LogP contribution in [0.1, 0.15) is 5.56 Å². The van der Waals surface area contributed by atoms with E-state index in [0.717, 1.165) is 16.9 Å². The van der Waals surface area contributed by atoms with Crippen LogP contribution in [0.25, 0.3) is 0 Å². The molecule has 9 heteroatoms. The van der Waals surface area contributed by atoms with Crippen LogP contribution in [0.4, 0.5) is 11.4 Å². The van der Waals surface area contributed by atoms with Crippen LogP contribution in [0, 0.1) is 0 Å². The molecule has 0 aliphatic carbocycles. The van der Waals surface area contributed by atoms with Crippen molar-refractivity contribution in [2.45, 2.75) is 12.5 Å². The molecule has 2 aliphatic heterocycles. The van der Waals surface area contributed by atoms with Crippen LogP contribution < -0.4 is 25.0 Å². The fraction of sp³-hybridized carbons (Fsp3) is 0.320. The Morgan fingerprint density at radius 2 is 1.85 bits per heavy atom. The summed E-state index contributed by atoms with van der Waals surface area (Å²) in [5, 5.41) is 6.19. The van der Waals surface area contributed by atoms with Crippen molar-refractivity contribution < 1.29 is 23.8 Å². The Bertz CT molecular complexity index is 1120. The van der Waals surface area contributed by atoms with E-state index in [-0.39, 0.29) is 24.8 Å². The highest BCUT2D eigenvalue weighted by Gasteiger charge is 2.44. The number of hydrogen-bond donors (Lipinski definition) is 2. The SMILES string of the molecule is CN=C1C(=C2Cc3ccccc3N2)C(=O)[C@@H](CNC(=O)COC)N1c1cc(OC)cc(OC)c1. The van der Waals surface area contributed by atoms with Gasteiger partial charge in [0, 0.05) is 56.7 Å². The molecule has 0 spiro atoms. The first-order chi connectivity index (χ1) is 16.5. The molecule has 0 bridgehead atoms. The lowest BCUT2D eigenvalue weighted by atomic mass is 10.0. The van der Waals surface area contributed by atoms with Gasteiger partial charge in [-0.1, -0.05) is 18.2 Å². The van der Waals surface area contributed by atoms with Gasteiger partial charge in [-0.05, 0) is 11.6 Å². The Morgan fingerprint density at radius 1 is 1.15 bits per heavy atom. The smallest absolute Gasteiger partial charge is 0.246 e. The number of para-hydroxylation sites is 1. The minimum atomic E-state index is -0.704. The zero-order chi connectivity index (χ0) is 24.2. The number of fused-ring (bicyclic) bond motifs is 1. The first-order valence-electron chi connectivity index (χ1n) is 10.9. The average molecular weight is 465 g/mol. The van der Waals surface area contributed by atoms with Gasteiger partial charge in [-0.25, -0.2) is 0 Å². The quantitative estimate of drug-likeness (QED) is 0.606. The summed E-state index contributed by atoms with van der Waals surface area (Å²) in [4.78, 5) is 32.3. The van der Waals surface area contributed by atoms with Crippen molar-refractivity contribution >= 4 is 28.9 Å². The number of methoxy groups -OCH3 is 3. The van der Waals surface area contributed by atoms with E-state index < -0.39 is 6.04 Å². The minimum absolute atomic E-state index is 0.0866. The zero-order valence-corrected chi connectivity index (χ0v) is 19.7. The van der Waals surface area contributed by atoms with Gasteiger partial charge >= 0.3 is 0 Å². The Kier molecular flexibility index (Phi) is 6.83. The van der Waals surface area contributed by atoms with Crippen molar-refractivity contribution in [1.82, 2.24) is 5.32 Å². The summed E-state index contributed by atoms with van der Waals surface area (Å²) in [7, 11) is 6.24. The summed E-state index contributed by atoms with van der Waals surface area (Å²) in [6, 6.07) is 12.6. The molecule has 4 rings (SSSR count). The normalized spacial score (nSPS) is 20.4. The number of amidine groups is 1. The molecule has 0 unspecified atom stereocenters. The summed E-state index contributed by atoms with van der Waals surface area (Å²) in [5.74, 6) is 1.23. The third kappa shape index (κ3) is 4.34. The topological polar surface area (TPSA) is 101 Å². The molecule has 0 saturated carbocycles. The van der Waals surface area contributed by atoms with E-state index in [1.165, 1.54) is 7.11 Å². The molecule has 1 amide bonds. The summed E-state index contributed by atoms with van der Waals surface area (Å²) in [6.45, 7) is -0.00324. The lowest BCUT2D eigenvalue weighted by Gasteiger charge is -2.26. The molecule has 9 nitrogen and oxygen atoms in total. The molecule has 0 radical (unpaired) electrons. The predicted octanol–water partition coefficient (Wildman–Crippen LogP) is 2.17. The molecule has 2 aliphatic rings. The second kappa shape index (κ2) is 9.96. The van der Waals surface area contributed by atoms with Gasteiger partial charge in [0.2, 0.25) is 5.91 Å². The summed E-state index contributed by atoms with van der Waals surface area (Å²) in [5.41, 5.74) is 4.05. The zero-order valence-electron chi connectivity index (χ0n) is 19.7. The number of ether oxygens (including phenoxy) is 3. The molecule has 0 aromatic heterocycles. The first kappa shape index (κ1) is 23.3. The molecule has 1 saturated heterocycles. The number of anilines is 2. The van der Waals surface area contributed by atoms with E-state index >= 15 is 0 Å². The minimum Gasteiger partial charge on any atom is -0.497 e. The number of aliphatic imine (C=N–C) groups is 1. The van der Waals surface area contributed by atoms with Crippen molar-refractivity contribution in [1.29, 1.82) is 0 Å². The number of carbonyl (C=O) groups is 2. The van der Waals surface area contributed by atoms with Crippen LogP contribution in [0.5, 0.6) is 11.5 Å². The molecule has 2 aromatic carbocycles.